The molecule has 6 nitrogen and oxygen atoms in total. The van der Waals surface area contributed by atoms with Gasteiger partial charge in [-0.1, -0.05) is 0 Å². The Bertz CT molecular complexity index is 391. The maximum absolute atomic E-state index is 13.3. The first-order chi connectivity index (χ1) is 8.84. The van der Waals surface area contributed by atoms with Gasteiger partial charge >= 0.3 is 6.09 Å². The number of likely N-dealkylation sites (tertiary alicyclic amines) is 2. The lowest BCUT2D eigenvalue weighted by atomic mass is 10.1. The number of carbonyl (C=O) groups is 2. The average Bonchev–Trinajstić information content (AvgIpc) is 2.92. The predicted octanol–water partition coefficient (Wildman–Crippen LogP) is 0.215. The summed E-state index contributed by atoms with van der Waals surface area (Å²) in [6.45, 7) is -0.925. The SMILES string of the molecule is O=C(O)N1CCC(C(=O)N2CC(F)(F)C[C@@H]2CO)C1. The topological polar surface area (TPSA) is 81.1 Å². The first-order valence-electron chi connectivity index (χ1n) is 6.11. The third kappa shape index (κ3) is 2.78. The Hall–Kier alpha value is -1.44. The van der Waals surface area contributed by atoms with E-state index in [4.69, 9.17) is 10.2 Å². The van der Waals surface area contributed by atoms with Crippen LogP contribution in [-0.4, -0.2) is 70.2 Å². The number of carbonyl (C=O) groups excluding carboxylic acids is 1. The van der Waals surface area contributed by atoms with E-state index in [0.29, 0.717) is 6.42 Å². The highest BCUT2D eigenvalue weighted by Gasteiger charge is 2.48. The van der Waals surface area contributed by atoms with Crippen molar-refractivity contribution in [2.75, 3.05) is 26.2 Å². The molecule has 0 radical (unpaired) electrons. The molecule has 0 aliphatic carbocycles. The van der Waals surface area contributed by atoms with Crippen LogP contribution in [-0.2, 0) is 4.79 Å². The lowest BCUT2D eigenvalue weighted by Gasteiger charge is -2.25. The molecule has 2 heterocycles. The summed E-state index contributed by atoms with van der Waals surface area (Å²) in [5.41, 5.74) is 0. The van der Waals surface area contributed by atoms with Crippen molar-refractivity contribution in [1.29, 1.82) is 0 Å². The van der Waals surface area contributed by atoms with Crippen LogP contribution in [0.25, 0.3) is 0 Å². The van der Waals surface area contributed by atoms with E-state index in [2.05, 4.69) is 0 Å². The van der Waals surface area contributed by atoms with Crippen molar-refractivity contribution >= 4 is 12.0 Å². The van der Waals surface area contributed by atoms with E-state index < -0.39 is 49.5 Å². The number of carboxylic acid groups (broad SMARTS) is 1. The minimum atomic E-state index is -2.98. The summed E-state index contributed by atoms with van der Waals surface area (Å²) >= 11 is 0. The van der Waals surface area contributed by atoms with Crippen molar-refractivity contribution in [3.63, 3.8) is 0 Å². The van der Waals surface area contributed by atoms with Crippen LogP contribution in [0.1, 0.15) is 12.8 Å². The fourth-order valence-electron chi connectivity index (χ4n) is 2.69. The fraction of sp³-hybridized carbons (Fsp3) is 0.818. The zero-order valence-electron chi connectivity index (χ0n) is 10.3. The molecule has 2 amide bonds. The van der Waals surface area contributed by atoms with Gasteiger partial charge in [0.15, 0.2) is 0 Å². The monoisotopic (exact) mass is 278 g/mol. The summed E-state index contributed by atoms with van der Waals surface area (Å²) in [4.78, 5) is 25.0. The number of hydrogen-bond acceptors (Lipinski definition) is 3. The van der Waals surface area contributed by atoms with Gasteiger partial charge in [-0.15, -0.1) is 0 Å². The second-order valence-electron chi connectivity index (χ2n) is 5.08. The molecule has 0 aromatic rings. The Balaban J connectivity index is 2.02. The standard InChI is InChI=1S/C11H16F2N2O4/c12-11(13)3-8(5-16)15(6-11)9(17)7-1-2-14(4-7)10(18)19/h7-8,16H,1-6H2,(H,18,19)/t7?,8-/m1/s1. The van der Waals surface area contributed by atoms with Crippen LogP contribution in [0.4, 0.5) is 13.6 Å². The first kappa shape index (κ1) is 14.0. The van der Waals surface area contributed by atoms with Gasteiger partial charge in [-0.3, -0.25) is 4.79 Å². The molecule has 2 fully saturated rings. The summed E-state index contributed by atoms with van der Waals surface area (Å²) in [6, 6.07) is -0.874. The quantitative estimate of drug-likeness (QED) is 0.757. The summed E-state index contributed by atoms with van der Waals surface area (Å²) in [6.07, 6.45) is -1.31. The molecule has 108 valence electrons. The Labute approximate surface area is 108 Å². The third-order valence-electron chi connectivity index (χ3n) is 3.68. The molecule has 1 unspecified atom stereocenters. The molecular weight excluding hydrogens is 262 g/mol. The molecule has 0 saturated carbocycles. The predicted molar refractivity (Wildman–Crippen MR) is 59.9 cm³/mol. The van der Waals surface area contributed by atoms with Gasteiger partial charge in [-0.25, -0.2) is 13.6 Å². The Morgan fingerprint density at radius 3 is 2.58 bits per heavy atom. The number of hydrogen-bond donors (Lipinski definition) is 2. The smallest absolute Gasteiger partial charge is 0.407 e. The minimum absolute atomic E-state index is 0.0361. The number of aliphatic hydroxyl groups is 1. The van der Waals surface area contributed by atoms with E-state index in [9.17, 15) is 18.4 Å². The molecule has 2 saturated heterocycles. The molecule has 2 aliphatic heterocycles. The Morgan fingerprint density at radius 2 is 2.05 bits per heavy atom. The highest BCUT2D eigenvalue weighted by atomic mass is 19.3. The van der Waals surface area contributed by atoms with E-state index in [1.807, 2.05) is 0 Å². The Kier molecular flexibility index (Phi) is 3.62. The second-order valence-corrected chi connectivity index (χ2v) is 5.08. The van der Waals surface area contributed by atoms with Crippen LogP contribution in [0.15, 0.2) is 0 Å². The van der Waals surface area contributed by atoms with Crippen molar-refractivity contribution in [2.45, 2.75) is 24.8 Å². The molecule has 2 N–H and O–H groups in total. The minimum Gasteiger partial charge on any atom is -0.465 e. The molecule has 19 heavy (non-hydrogen) atoms. The maximum Gasteiger partial charge on any atom is 0.407 e. The number of amides is 2. The van der Waals surface area contributed by atoms with E-state index in [-0.39, 0.29) is 13.1 Å². The molecule has 8 heteroatoms. The van der Waals surface area contributed by atoms with Gasteiger partial charge in [0.2, 0.25) is 5.91 Å². The largest absolute Gasteiger partial charge is 0.465 e. The number of nitrogens with zero attached hydrogens (tertiary/aromatic N) is 2. The molecule has 0 aromatic heterocycles. The van der Waals surface area contributed by atoms with Gasteiger partial charge in [0.1, 0.15) is 0 Å². The molecular formula is C11H16F2N2O4. The van der Waals surface area contributed by atoms with Crippen molar-refractivity contribution < 1.29 is 28.6 Å². The van der Waals surface area contributed by atoms with Crippen molar-refractivity contribution in [2.24, 2.45) is 5.92 Å². The zero-order chi connectivity index (χ0) is 14.2. The molecule has 0 aromatic carbocycles. The van der Waals surface area contributed by atoms with E-state index in [0.717, 1.165) is 9.80 Å². The summed E-state index contributed by atoms with van der Waals surface area (Å²) in [5.74, 6) is -4.05. The summed E-state index contributed by atoms with van der Waals surface area (Å²) < 4.78 is 26.5. The second kappa shape index (κ2) is 4.92. The van der Waals surface area contributed by atoms with Gasteiger partial charge < -0.3 is 20.0 Å². The number of halogens is 2. The molecule has 2 atom stereocenters. The lowest BCUT2D eigenvalue weighted by Crippen LogP contribution is -2.43. The molecule has 0 bridgehead atoms. The Morgan fingerprint density at radius 1 is 1.37 bits per heavy atom. The van der Waals surface area contributed by atoms with Crippen molar-refractivity contribution in [1.82, 2.24) is 9.80 Å². The molecule has 2 rings (SSSR count). The summed E-state index contributed by atoms with van der Waals surface area (Å²) in [7, 11) is 0. The van der Waals surface area contributed by atoms with Crippen LogP contribution >= 0.6 is 0 Å². The van der Waals surface area contributed by atoms with Gasteiger partial charge in [0.05, 0.1) is 25.1 Å². The van der Waals surface area contributed by atoms with Gasteiger partial charge in [0, 0.05) is 19.5 Å². The van der Waals surface area contributed by atoms with Gasteiger partial charge in [-0.2, -0.15) is 0 Å². The van der Waals surface area contributed by atoms with Crippen molar-refractivity contribution in [3.8, 4) is 0 Å². The van der Waals surface area contributed by atoms with Crippen LogP contribution in [0.3, 0.4) is 0 Å². The first-order valence-corrected chi connectivity index (χ1v) is 6.11. The average molecular weight is 278 g/mol. The van der Waals surface area contributed by atoms with Crippen LogP contribution in [0.2, 0.25) is 0 Å². The zero-order valence-corrected chi connectivity index (χ0v) is 10.3. The van der Waals surface area contributed by atoms with Crippen molar-refractivity contribution in [3.05, 3.63) is 0 Å². The van der Waals surface area contributed by atoms with Crippen LogP contribution < -0.4 is 0 Å². The normalized spacial score (nSPS) is 29.8. The van der Waals surface area contributed by atoms with Gasteiger partial charge in [0.25, 0.3) is 5.92 Å². The number of rotatable bonds is 2. The fourth-order valence-corrected chi connectivity index (χ4v) is 2.69. The van der Waals surface area contributed by atoms with Crippen LogP contribution in [0, 0.1) is 5.92 Å². The molecule has 0 spiro atoms. The number of aliphatic hydroxyl groups excluding tert-OH is 1. The maximum atomic E-state index is 13.3. The highest BCUT2D eigenvalue weighted by Crippen LogP contribution is 2.33. The lowest BCUT2D eigenvalue weighted by molar-refractivity contribution is -0.137. The van der Waals surface area contributed by atoms with E-state index in [1.165, 1.54) is 0 Å². The van der Waals surface area contributed by atoms with E-state index in [1.54, 1.807) is 0 Å². The number of alkyl halides is 2. The highest BCUT2D eigenvalue weighted by molar-refractivity contribution is 5.81. The third-order valence-corrected chi connectivity index (χ3v) is 3.68. The molecule has 2 aliphatic rings. The van der Waals surface area contributed by atoms with E-state index >= 15 is 0 Å². The van der Waals surface area contributed by atoms with Gasteiger partial charge in [-0.05, 0) is 6.42 Å². The summed E-state index contributed by atoms with van der Waals surface area (Å²) in [5, 5.41) is 17.9. The van der Waals surface area contributed by atoms with Crippen LogP contribution in [0.5, 0.6) is 0 Å².